The van der Waals surface area contributed by atoms with Crippen LogP contribution in [0.1, 0.15) is 40.5 Å². The maximum absolute atomic E-state index is 9.93. The Balaban J connectivity index is 0.000000265. The van der Waals surface area contributed by atoms with Gasteiger partial charge in [-0.05, 0) is 26.7 Å². The zero-order valence-corrected chi connectivity index (χ0v) is 9.73. The fourth-order valence-corrected chi connectivity index (χ4v) is 1.18. The van der Waals surface area contributed by atoms with Gasteiger partial charge < -0.3 is 4.74 Å². The normalized spacial score (nSPS) is 24.3. The minimum absolute atomic E-state index is 0.181. The summed E-state index contributed by atoms with van der Waals surface area (Å²) in [6.45, 7) is 7.96. The molecule has 0 aromatic rings. The molecule has 0 aromatic heterocycles. The molecule has 1 saturated carbocycles. The average molecular weight is 217 g/mol. The lowest BCUT2D eigenvalue weighted by Crippen LogP contribution is -2.33. The molecule has 0 amide bonds. The predicted molar refractivity (Wildman–Crippen MR) is 56.1 cm³/mol. The van der Waals surface area contributed by atoms with E-state index >= 15 is 0 Å². The van der Waals surface area contributed by atoms with Crippen molar-refractivity contribution in [1.29, 1.82) is 0 Å². The quantitative estimate of drug-likeness (QED) is 0.403. The van der Waals surface area contributed by atoms with Crippen molar-refractivity contribution in [1.82, 2.24) is 0 Å². The maximum atomic E-state index is 9.93. The molecule has 0 radical (unpaired) electrons. The minimum Gasteiger partial charge on any atom is -0.462 e. The predicted octanol–water partition coefficient (Wildman–Crippen LogP) is 2.02. The summed E-state index contributed by atoms with van der Waals surface area (Å²) in [5, 5.41) is 9.93. The van der Waals surface area contributed by atoms with Crippen LogP contribution in [0.3, 0.4) is 0 Å². The Bertz CT molecular complexity index is 216. The Morgan fingerprint density at radius 3 is 1.93 bits per heavy atom. The van der Waals surface area contributed by atoms with Crippen LogP contribution >= 0.6 is 0 Å². The lowest BCUT2D eigenvalue weighted by molar-refractivity contribution is -0.540. The van der Waals surface area contributed by atoms with Gasteiger partial charge in [-0.3, -0.25) is 14.9 Å². The fraction of sp³-hybridized carbons (Fsp3) is 0.900. The number of hydrogen-bond acceptors (Lipinski definition) is 4. The molecule has 0 atom stereocenters. The summed E-state index contributed by atoms with van der Waals surface area (Å²) < 4.78 is 4.55. The van der Waals surface area contributed by atoms with Crippen molar-refractivity contribution in [3.05, 3.63) is 10.1 Å². The molecule has 0 aromatic carbocycles. The van der Waals surface area contributed by atoms with E-state index in [-0.39, 0.29) is 16.6 Å². The molecule has 0 unspecified atom stereocenters. The van der Waals surface area contributed by atoms with Gasteiger partial charge in [0.25, 0.3) is 6.47 Å². The van der Waals surface area contributed by atoms with E-state index in [1.165, 1.54) is 0 Å². The zero-order chi connectivity index (χ0) is 12.1. The van der Waals surface area contributed by atoms with Gasteiger partial charge in [0.15, 0.2) is 0 Å². The third kappa shape index (κ3) is 6.88. The van der Waals surface area contributed by atoms with E-state index in [0.29, 0.717) is 12.4 Å². The Morgan fingerprint density at radius 1 is 1.40 bits per heavy atom. The molecule has 88 valence electrons. The smallest absolute Gasteiger partial charge is 0.293 e. The summed E-state index contributed by atoms with van der Waals surface area (Å²) in [5.41, 5.74) is -0.318. The molecule has 5 nitrogen and oxygen atoms in total. The largest absolute Gasteiger partial charge is 0.462 e. The molecule has 0 aliphatic heterocycles. The van der Waals surface area contributed by atoms with Crippen molar-refractivity contribution in [2.45, 2.75) is 52.2 Å². The molecule has 0 spiro atoms. The summed E-state index contributed by atoms with van der Waals surface area (Å²) in [4.78, 5) is 19.4. The zero-order valence-electron chi connectivity index (χ0n) is 9.73. The van der Waals surface area contributed by atoms with Crippen LogP contribution in [0, 0.1) is 16.0 Å². The van der Waals surface area contributed by atoms with Gasteiger partial charge in [0.05, 0.1) is 0 Å². The number of ether oxygens (including phenoxy) is 1. The van der Waals surface area contributed by atoms with Gasteiger partial charge in [-0.15, -0.1) is 0 Å². The molecule has 0 saturated heterocycles. The monoisotopic (exact) mass is 217 g/mol. The second kappa shape index (κ2) is 5.68. The topological polar surface area (TPSA) is 69.4 Å². The van der Waals surface area contributed by atoms with Crippen molar-refractivity contribution in [3.8, 4) is 0 Å². The lowest BCUT2D eigenvalue weighted by Gasteiger charge is -2.24. The summed E-state index contributed by atoms with van der Waals surface area (Å²) in [6, 6.07) is -0.218. The van der Waals surface area contributed by atoms with Crippen molar-refractivity contribution in [3.63, 3.8) is 0 Å². The third-order valence-electron chi connectivity index (χ3n) is 2.05. The average Bonchev–Trinajstić information content (AvgIpc) is 1.97. The highest BCUT2D eigenvalue weighted by atomic mass is 16.6. The standard InChI is InChI=1S/C5H9NO2.C5H10O2/c1-4-2-5(3-4)6(7)8;1-5(2,3)7-4-6/h4-5H,2-3H2,1H3;4H,1-3H3. The molecule has 1 aliphatic carbocycles. The van der Waals surface area contributed by atoms with Gasteiger partial charge in [0, 0.05) is 17.8 Å². The lowest BCUT2D eigenvalue weighted by atomic mass is 9.82. The highest BCUT2D eigenvalue weighted by molar-refractivity contribution is 5.37. The maximum Gasteiger partial charge on any atom is 0.293 e. The van der Waals surface area contributed by atoms with Gasteiger partial charge in [0.1, 0.15) is 5.60 Å². The second-order valence-corrected chi connectivity index (χ2v) is 4.84. The molecular weight excluding hydrogens is 198 g/mol. The van der Waals surface area contributed by atoms with Crippen LogP contribution < -0.4 is 0 Å². The van der Waals surface area contributed by atoms with Crippen molar-refractivity contribution in [2.24, 2.45) is 5.92 Å². The summed E-state index contributed by atoms with van der Waals surface area (Å²) in [7, 11) is 0. The second-order valence-electron chi connectivity index (χ2n) is 4.84. The first-order valence-corrected chi connectivity index (χ1v) is 5.01. The van der Waals surface area contributed by atoms with E-state index in [1.807, 2.05) is 27.7 Å². The number of nitrogens with zero attached hydrogens (tertiary/aromatic N) is 1. The van der Waals surface area contributed by atoms with Crippen LogP contribution in [-0.4, -0.2) is 23.0 Å². The Kier molecular flexibility index (Phi) is 5.25. The Hall–Kier alpha value is -1.13. The Labute approximate surface area is 90.0 Å². The fourth-order valence-electron chi connectivity index (χ4n) is 1.18. The molecule has 1 fully saturated rings. The van der Waals surface area contributed by atoms with Crippen LogP contribution in [0.25, 0.3) is 0 Å². The molecule has 1 rings (SSSR count). The molecular formula is C10H19NO4. The van der Waals surface area contributed by atoms with Crippen molar-refractivity contribution >= 4 is 6.47 Å². The number of rotatable bonds is 2. The molecule has 0 N–H and O–H groups in total. The Morgan fingerprint density at radius 2 is 1.87 bits per heavy atom. The van der Waals surface area contributed by atoms with Gasteiger partial charge in [0.2, 0.25) is 6.04 Å². The summed E-state index contributed by atoms with van der Waals surface area (Å²) in [6.07, 6.45) is 1.57. The van der Waals surface area contributed by atoms with Gasteiger partial charge in [-0.1, -0.05) is 6.92 Å². The molecule has 15 heavy (non-hydrogen) atoms. The highest BCUT2D eigenvalue weighted by Crippen LogP contribution is 2.28. The van der Waals surface area contributed by atoms with Crippen LogP contribution in [-0.2, 0) is 9.53 Å². The molecule has 1 aliphatic rings. The van der Waals surface area contributed by atoms with Crippen LogP contribution in [0.5, 0.6) is 0 Å². The first-order valence-electron chi connectivity index (χ1n) is 5.01. The van der Waals surface area contributed by atoms with E-state index in [0.717, 1.165) is 12.8 Å². The van der Waals surface area contributed by atoms with Gasteiger partial charge in [-0.25, -0.2) is 0 Å². The molecule has 0 bridgehead atoms. The first-order chi connectivity index (χ1) is 6.76. The van der Waals surface area contributed by atoms with Crippen LogP contribution in [0.4, 0.5) is 0 Å². The van der Waals surface area contributed by atoms with Gasteiger partial charge >= 0.3 is 0 Å². The van der Waals surface area contributed by atoms with E-state index < -0.39 is 0 Å². The van der Waals surface area contributed by atoms with Crippen LogP contribution in [0.2, 0.25) is 0 Å². The first kappa shape index (κ1) is 13.9. The van der Waals surface area contributed by atoms with Crippen LogP contribution in [0.15, 0.2) is 0 Å². The van der Waals surface area contributed by atoms with Crippen molar-refractivity contribution < 1.29 is 14.5 Å². The summed E-state index contributed by atoms with van der Waals surface area (Å²) >= 11 is 0. The number of carbonyl (C=O) groups excluding carboxylic acids is 1. The van der Waals surface area contributed by atoms with Gasteiger partial charge in [-0.2, -0.15) is 0 Å². The minimum atomic E-state index is -0.318. The SMILES string of the molecule is CC(C)(C)OC=O.CC1CC([N+](=O)[O-])C1. The van der Waals surface area contributed by atoms with E-state index in [4.69, 9.17) is 0 Å². The number of nitro groups is 1. The van der Waals surface area contributed by atoms with E-state index in [1.54, 1.807) is 0 Å². The highest BCUT2D eigenvalue weighted by Gasteiger charge is 2.34. The number of hydrogen-bond donors (Lipinski definition) is 0. The molecule has 5 heteroatoms. The third-order valence-corrected chi connectivity index (χ3v) is 2.05. The number of carbonyl (C=O) groups is 1. The van der Waals surface area contributed by atoms with E-state index in [2.05, 4.69) is 4.74 Å². The summed E-state index contributed by atoms with van der Waals surface area (Å²) in [5.74, 6) is 0.588. The van der Waals surface area contributed by atoms with Crippen molar-refractivity contribution in [2.75, 3.05) is 0 Å². The van der Waals surface area contributed by atoms with E-state index in [9.17, 15) is 14.9 Å². The molecule has 0 heterocycles.